The monoisotopic (exact) mass is 1200 g/mol. The second-order valence-electron chi connectivity index (χ2n) is 22.5. The summed E-state index contributed by atoms with van der Waals surface area (Å²) in [5.41, 5.74) is 5.53. The second kappa shape index (κ2) is 31.9. The van der Waals surface area contributed by atoms with Crippen molar-refractivity contribution in [2.45, 2.75) is 197 Å². The highest BCUT2D eigenvalue weighted by Gasteiger charge is 2.43. The molecule has 0 radical (unpaired) electrons. The van der Waals surface area contributed by atoms with Gasteiger partial charge in [-0.1, -0.05) is 27.7 Å². The lowest BCUT2D eigenvalue weighted by Crippen LogP contribution is -2.58. The van der Waals surface area contributed by atoms with E-state index < -0.39 is 88.0 Å². The Morgan fingerprint density at radius 1 is 0.568 bits per heavy atom. The van der Waals surface area contributed by atoms with E-state index in [1.54, 1.807) is 63.3 Å². The van der Waals surface area contributed by atoms with Gasteiger partial charge in [0.05, 0.1) is 28.7 Å². The fraction of sp³-hybridized carbons (Fsp3) is 0.778. The summed E-state index contributed by atoms with van der Waals surface area (Å²) >= 11 is 4.11. The van der Waals surface area contributed by atoms with Gasteiger partial charge >= 0.3 is 5.97 Å². The van der Waals surface area contributed by atoms with Crippen LogP contribution >= 0.6 is 35.3 Å². The maximum Gasteiger partial charge on any atom is 0.305 e. The van der Waals surface area contributed by atoms with Crippen molar-refractivity contribution in [2.75, 3.05) is 57.0 Å². The molecule has 11 amide bonds. The number of carboxylic acid groups (broad SMARTS) is 1. The average Bonchev–Trinajstić information content (AvgIpc) is 4.26. The van der Waals surface area contributed by atoms with Crippen LogP contribution in [-0.2, 0) is 57.5 Å². The number of hydrogen-bond donors (Lipinski definition) is 7. The zero-order chi connectivity index (χ0) is 60.6. The molecular weight excluding hydrogens is 1110 g/mol. The smallest absolute Gasteiger partial charge is 0.305 e. The molecule has 0 saturated carbocycles. The van der Waals surface area contributed by atoms with Gasteiger partial charge in [0.25, 0.3) is 0 Å². The first-order valence-electron chi connectivity index (χ1n) is 28.3. The Morgan fingerprint density at radius 3 is 1.51 bits per heavy atom. The van der Waals surface area contributed by atoms with E-state index in [1.807, 2.05) is 13.8 Å². The first-order valence-corrected chi connectivity index (χ1v) is 31.5. The van der Waals surface area contributed by atoms with Crippen LogP contribution in [0.2, 0.25) is 0 Å². The normalized spacial score (nSPS) is 22.0. The summed E-state index contributed by atoms with van der Waals surface area (Å²) < 4.78 is 0. The summed E-state index contributed by atoms with van der Waals surface area (Å²) in [5.74, 6) is -5.05. The zero-order valence-electron chi connectivity index (χ0n) is 49.0. The number of amides is 11. The number of hydrogen-bond acceptors (Lipinski definition) is 15. The minimum absolute atomic E-state index is 0.167. The van der Waals surface area contributed by atoms with Crippen LogP contribution in [0.15, 0.2) is 0 Å². The number of rotatable bonds is 29. The number of thioether (sulfide) groups is 3. The van der Waals surface area contributed by atoms with Crippen LogP contribution in [0, 0.1) is 11.8 Å². The zero-order valence-corrected chi connectivity index (χ0v) is 51.4. The van der Waals surface area contributed by atoms with Crippen molar-refractivity contribution in [1.29, 1.82) is 0 Å². The van der Waals surface area contributed by atoms with E-state index in [-0.39, 0.29) is 77.9 Å². The molecule has 24 nitrogen and oxygen atoms in total. The van der Waals surface area contributed by atoms with E-state index in [0.29, 0.717) is 69.1 Å². The Labute approximate surface area is 489 Å². The molecule has 4 heterocycles. The molecule has 12 atom stereocenters. The molecule has 4 aliphatic rings. The molecule has 0 aromatic heterocycles. The van der Waals surface area contributed by atoms with Crippen LogP contribution in [0.1, 0.15) is 127 Å². The van der Waals surface area contributed by atoms with Crippen LogP contribution in [0.25, 0.3) is 0 Å². The van der Waals surface area contributed by atoms with E-state index in [2.05, 4.69) is 26.6 Å². The molecule has 27 heteroatoms. The molecule has 0 spiro atoms. The van der Waals surface area contributed by atoms with Gasteiger partial charge in [-0.05, 0) is 97.8 Å². The van der Waals surface area contributed by atoms with Crippen molar-refractivity contribution in [3.8, 4) is 0 Å². The molecule has 4 aliphatic heterocycles. The van der Waals surface area contributed by atoms with Gasteiger partial charge in [0, 0.05) is 75.5 Å². The summed E-state index contributed by atoms with van der Waals surface area (Å²) in [6, 6.07) is -6.25. The molecule has 0 unspecified atom stereocenters. The highest BCUT2D eigenvalue weighted by atomic mass is 32.2. The Bertz CT molecular complexity index is 2280. The first-order chi connectivity index (χ1) is 38.0. The Morgan fingerprint density at radius 2 is 1.02 bits per heavy atom. The Kier molecular flexibility index (Phi) is 26.9. The van der Waals surface area contributed by atoms with Crippen LogP contribution in [-0.4, -0.2) is 228 Å². The fourth-order valence-electron chi connectivity index (χ4n) is 10.8. The van der Waals surface area contributed by atoms with Gasteiger partial charge in [-0.25, -0.2) is 0 Å². The molecule has 0 aromatic carbocycles. The number of nitrogens with zero attached hydrogens (tertiary/aromatic N) is 5. The Balaban J connectivity index is 1.19. The van der Waals surface area contributed by atoms with Gasteiger partial charge in [0.15, 0.2) is 0 Å². The minimum Gasteiger partial charge on any atom is -0.481 e. The molecule has 8 N–H and O–H groups in total. The van der Waals surface area contributed by atoms with Gasteiger partial charge < -0.3 is 61.9 Å². The third-order valence-corrected chi connectivity index (χ3v) is 19.3. The number of carboxylic acids is 1. The maximum absolute atomic E-state index is 14.1. The van der Waals surface area contributed by atoms with Gasteiger partial charge in [0.1, 0.15) is 36.3 Å². The number of primary amides is 1. The van der Waals surface area contributed by atoms with Crippen molar-refractivity contribution < 1.29 is 62.6 Å². The summed E-state index contributed by atoms with van der Waals surface area (Å²) in [4.78, 5) is 164. The highest BCUT2D eigenvalue weighted by Crippen LogP contribution is 2.29. The van der Waals surface area contributed by atoms with Gasteiger partial charge in [-0.3, -0.25) is 57.5 Å². The van der Waals surface area contributed by atoms with Crippen LogP contribution < -0.4 is 32.3 Å². The quantitative estimate of drug-likeness (QED) is 0.0537. The summed E-state index contributed by atoms with van der Waals surface area (Å²) in [6.07, 6.45) is 4.72. The Hall–Kier alpha value is -5.31. The SMILES string of the molecule is CC(=O)N[C@@H](CC(=O)O)C(=O)N[C@@H](C)C(=O)N1CCC[C@H]1CS[C@@H](C)C(=O)N[C@H](C)C(=O)N1CCC[C@H]1CS[C@@H](C)C(=O)NCC(=O)N1CCC[C@H]1CS[C@@H](C)C(=O)N(C)[C@H](C(=O)N1CCC[C@H]1C(=O)N[C@H](C(N)=O)C(C)C)C(C)C. The van der Waals surface area contributed by atoms with Gasteiger partial charge in [-0.15, -0.1) is 35.3 Å². The molecule has 0 bridgehead atoms. The lowest BCUT2D eigenvalue weighted by atomic mass is 10.00. The second-order valence-corrected chi connectivity index (χ2v) is 26.6. The van der Waals surface area contributed by atoms with Crippen molar-refractivity contribution in [3.63, 3.8) is 0 Å². The van der Waals surface area contributed by atoms with E-state index in [1.165, 1.54) is 52.0 Å². The molecular formula is C54H89N11O13S3. The van der Waals surface area contributed by atoms with E-state index >= 15 is 0 Å². The van der Waals surface area contributed by atoms with E-state index in [9.17, 15) is 62.6 Å². The summed E-state index contributed by atoms with van der Waals surface area (Å²) in [5, 5.41) is 20.7. The minimum atomic E-state index is -1.35. The van der Waals surface area contributed by atoms with E-state index in [0.717, 1.165) is 32.6 Å². The van der Waals surface area contributed by atoms with Crippen molar-refractivity contribution in [2.24, 2.45) is 17.6 Å². The molecule has 4 fully saturated rings. The topological polar surface area (TPSA) is 327 Å². The molecule has 81 heavy (non-hydrogen) atoms. The first kappa shape index (κ1) is 68.2. The van der Waals surface area contributed by atoms with Crippen LogP contribution in [0.4, 0.5) is 0 Å². The van der Waals surface area contributed by atoms with Gasteiger partial charge in [0.2, 0.25) is 65.0 Å². The largest absolute Gasteiger partial charge is 0.481 e. The third-order valence-electron chi connectivity index (χ3n) is 15.4. The van der Waals surface area contributed by atoms with E-state index in [4.69, 9.17) is 5.73 Å². The molecule has 456 valence electrons. The number of carbonyl (C=O) groups excluding carboxylic acids is 11. The summed E-state index contributed by atoms with van der Waals surface area (Å²) in [7, 11) is 1.60. The van der Waals surface area contributed by atoms with Crippen molar-refractivity contribution in [3.05, 3.63) is 0 Å². The lowest BCUT2D eigenvalue weighted by molar-refractivity contribution is -0.149. The maximum atomic E-state index is 14.1. The highest BCUT2D eigenvalue weighted by molar-refractivity contribution is 8.01. The number of aliphatic carboxylic acids is 1. The van der Waals surface area contributed by atoms with Crippen LogP contribution in [0.5, 0.6) is 0 Å². The van der Waals surface area contributed by atoms with Crippen molar-refractivity contribution >= 4 is 106 Å². The lowest BCUT2D eigenvalue weighted by Gasteiger charge is -2.36. The molecule has 4 rings (SSSR count). The number of likely N-dealkylation sites (tertiary alicyclic amines) is 4. The van der Waals surface area contributed by atoms with Crippen molar-refractivity contribution in [1.82, 2.24) is 51.1 Å². The van der Waals surface area contributed by atoms with Crippen LogP contribution in [0.3, 0.4) is 0 Å². The average molecular weight is 1200 g/mol. The molecule has 4 saturated heterocycles. The number of likely N-dealkylation sites (N-methyl/N-ethyl adjacent to an activating group) is 1. The molecule has 0 aromatic rings. The number of nitrogens with one attached hydrogen (secondary N) is 5. The predicted octanol–water partition coefficient (Wildman–Crippen LogP) is 0.530. The number of nitrogens with two attached hydrogens (primary N) is 1. The molecule has 0 aliphatic carbocycles. The summed E-state index contributed by atoms with van der Waals surface area (Å²) in [6.45, 7) is 18.4. The third kappa shape index (κ3) is 19.4. The van der Waals surface area contributed by atoms with Gasteiger partial charge in [-0.2, -0.15) is 0 Å². The standard InChI is InChI=1S/C54H89N11O13S3/c1-29(2)44(46(55)70)60-50(74)41-19-15-23-65(41)54(78)45(30(3)4)61(11)53(77)35(9)81-26-37-16-12-20-62(37)42(67)25-56-47(71)33(7)79-27-38-17-13-21-63(38)51(75)31(5)57-48(72)34(8)80-28-39-18-14-22-64(39)52(76)32(6)58-49(73)40(24-43(68)69)59-36(10)66/h29-35,37-41,44-45H,12-28H2,1-11H3,(H2,55,70)(H,56,71)(H,57,72)(H,58,73)(H,59,66)(H,60,74)(H,68,69)/t31-,32+,33+,34+,35+,37+,38+,39+,40+,41+,44+,45+/m1/s1. The number of carbonyl (C=O) groups is 12. The fourth-order valence-corrected chi connectivity index (χ4v) is 14.2. The predicted molar refractivity (Wildman–Crippen MR) is 310 cm³/mol.